The van der Waals surface area contributed by atoms with Gasteiger partial charge in [-0.15, -0.1) is 5.10 Å². The molecule has 1 amide bonds. The summed E-state index contributed by atoms with van der Waals surface area (Å²) in [6.07, 6.45) is 2.25. The minimum atomic E-state index is -0.473. The highest BCUT2D eigenvalue weighted by Crippen LogP contribution is 2.22. The van der Waals surface area contributed by atoms with Gasteiger partial charge >= 0.3 is 0 Å². The molecule has 1 atom stereocenters. The van der Waals surface area contributed by atoms with Gasteiger partial charge in [-0.25, -0.2) is 10.2 Å². The van der Waals surface area contributed by atoms with Gasteiger partial charge in [0.1, 0.15) is 0 Å². The van der Waals surface area contributed by atoms with Crippen molar-refractivity contribution in [3.8, 4) is 0 Å². The van der Waals surface area contributed by atoms with Gasteiger partial charge in [0.2, 0.25) is 5.91 Å². The van der Waals surface area contributed by atoms with Gasteiger partial charge in [-0.05, 0) is 22.8 Å². The highest BCUT2D eigenvalue weighted by atomic mass is 16.5. The molecule has 24 heavy (non-hydrogen) atoms. The fourth-order valence-electron chi connectivity index (χ4n) is 2.86. The fraction of sp³-hybridized carbons (Fsp3) is 0.235. The Morgan fingerprint density at radius 3 is 2.79 bits per heavy atom. The van der Waals surface area contributed by atoms with Crippen molar-refractivity contribution in [3.05, 3.63) is 59.9 Å². The summed E-state index contributed by atoms with van der Waals surface area (Å²) in [5, 5.41) is 19.1. The molecule has 4 N–H and O–H groups in total. The Kier molecular flexibility index (Phi) is 4.83. The lowest BCUT2D eigenvalue weighted by Crippen LogP contribution is -2.26. The van der Waals surface area contributed by atoms with Crippen LogP contribution < -0.4 is 11.2 Å². The second kappa shape index (κ2) is 7.20. The number of hydroxylamine groups is 1. The van der Waals surface area contributed by atoms with Crippen LogP contribution in [0.2, 0.25) is 0 Å². The van der Waals surface area contributed by atoms with Crippen molar-refractivity contribution in [2.75, 3.05) is 0 Å². The van der Waals surface area contributed by atoms with E-state index < -0.39 is 5.91 Å². The average Bonchev–Trinajstić information content (AvgIpc) is 3.09. The first-order valence-corrected chi connectivity index (χ1v) is 7.71. The molecule has 1 aromatic heterocycles. The number of carbonyl (C=O) groups is 1. The quantitative estimate of drug-likeness (QED) is 0.471. The zero-order valence-corrected chi connectivity index (χ0v) is 13.1. The van der Waals surface area contributed by atoms with Crippen LogP contribution in [0.5, 0.6) is 0 Å². The van der Waals surface area contributed by atoms with Gasteiger partial charge in [0.15, 0.2) is 0 Å². The van der Waals surface area contributed by atoms with Crippen LogP contribution in [0.3, 0.4) is 0 Å². The summed E-state index contributed by atoms with van der Waals surface area (Å²) >= 11 is 0. The van der Waals surface area contributed by atoms with Crippen LogP contribution in [0.15, 0.2) is 48.7 Å². The van der Waals surface area contributed by atoms with Gasteiger partial charge in [-0.1, -0.05) is 47.7 Å². The molecular formula is C17H19N5O2. The van der Waals surface area contributed by atoms with Crippen LogP contribution in [-0.2, 0) is 17.8 Å². The van der Waals surface area contributed by atoms with E-state index in [4.69, 9.17) is 10.9 Å². The highest BCUT2D eigenvalue weighted by Gasteiger charge is 2.20. The maximum absolute atomic E-state index is 11.7. The molecular weight excluding hydrogens is 306 g/mol. The summed E-state index contributed by atoms with van der Waals surface area (Å²) < 4.78 is 1.66. The van der Waals surface area contributed by atoms with Gasteiger partial charge in [0, 0.05) is 6.54 Å². The molecule has 2 aromatic carbocycles. The second-order valence-corrected chi connectivity index (χ2v) is 5.65. The monoisotopic (exact) mass is 325 g/mol. The molecule has 1 unspecified atom stereocenters. The van der Waals surface area contributed by atoms with Crippen molar-refractivity contribution in [1.82, 2.24) is 20.5 Å². The van der Waals surface area contributed by atoms with Crippen LogP contribution in [-0.4, -0.2) is 26.1 Å². The molecule has 0 saturated heterocycles. The van der Waals surface area contributed by atoms with Crippen LogP contribution in [0.25, 0.3) is 10.8 Å². The summed E-state index contributed by atoms with van der Waals surface area (Å²) in [5.41, 5.74) is 9.21. The van der Waals surface area contributed by atoms with E-state index in [1.165, 1.54) is 0 Å². The van der Waals surface area contributed by atoms with Gasteiger partial charge in [0.25, 0.3) is 0 Å². The zero-order chi connectivity index (χ0) is 16.9. The molecule has 0 aliphatic carbocycles. The van der Waals surface area contributed by atoms with Crippen molar-refractivity contribution in [2.24, 2.45) is 5.73 Å². The lowest BCUT2D eigenvalue weighted by Gasteiger charge is -2.18. The zero-order valence-electron chi connectivity index (χ0n) is 13.1. The van der Waals surface area contributed by atoms with Crippen molar-refractivity contribution in [3.63, 3.8) is 0 Å². The Hall–Kier alpha value is -2.77. The second-order valence-electron chi connectivity index (χ2n) is 5.65. The normalized spacial score (nSPS) is 12.2. The third kappa shape index (κ3) is 3.42. The number of amides is 1. The van der Waals surface area contributed by atoms with Crippen molar-refractivity contribution < 1.29 is 10.0 Å². The van der Waals surface area contributed by atoms with E-state index >= 15 is 0 Å². The topological polar surface area (TPSA) is 106 Å². The number of nitrogens with two attached hydrogens (primary N) is 1. The summed E-state index contributed by atoms with van der Waals surface area (Å²) in [7, 11) is 0. The minimum absolute atomic E-state index is 0.0830. The minimum Gasteiger partial charge on any atom is -0.325 e. The molecule has 0 aliphatic rings. The smallest absolute Gasteiger partial charge is 0.245 e. The van der Waals surface area contributed by atoms with Crippen LogP contribution in [0.4, 0.5) is 0 Å². The van der Waals surface area contributed by atoms with Crippen molar-refractivity contribution >= 4 is 16.7 Å². The number of fused-ring (bicyclic) bond motifs is 1. The molecule has 3 aromatic rings. The molecule has 0 bridgehead atoms. The first-order valence-electron chi connectivity index (χ1n) is 7.71. The Morgan fingerprint density at radius 1 is 1.25 bits per heavy atom. The van der Waals surface area contributed by atoms with Gasteiger partial charge in [0.05, 0.1) is 24.4 Å². The SMILES string of the molecule is NCc1cnnn1C(CC(=O)NO)Cc1ccc2ccccc2c1. The molecule has 0 fully saturated rings. The van der Waals surface area contributed by atoms with E-state index in [2.05, 4.69) is 34.6 Å². The highest BCUT2D eigenvalue weighted by molar-refractivity contribution is 5.83. The molecule has 124 valence electrons. The summed E-state index contributed by atoms with van der Waals surface area (Å²) in [4.78, 5) is 11.7. The third-order valence-electron chi connectivity index (χ3n) is 4.03. The Balaban J connectivity index is 1.91. The molecule has 0 saturated carbocycles. The van der Waals surface area contributed by atoms with Gasteiger partial charge < -0.3 is 5.73 Å². The number of aromatic nitrogens is 3. The maximum atomic E-state index is 11.7. The Morgan fingerprint density at radius 2 is 2.04 bits per heavy atom. The summed E-state index contributed by atoms with van der Waals surface area (Å²) in [5.74, 6) is -0.473. The largest absolute Gasteiger partial charge is 0.325 e. The Labute approximate surface area is 139 Å². The first-order chi connectivity index (χ1) is 11.7. The number of carbonyl (C=O) groups excluding carboxylic acids is 1. The van der Waals surface area contributed by atoms with Gasteiger partial charge in [-0.3, -0.25) is 10.0 Å². The van der Waals surface area contributed by atoms with Gasteiger partial charge in [-0.2, -0.15) is 0 Å². The van der Waals surface area contributed by atoms with E-state index in [-0.39, 0.29) is 19.0 Å². The molecule has 0 spiro atoms. The molecule has 0 radical (unpaired) electrons. The van der Waals surface area contributed by atoms with Crippen LogP contribution >= 0.6 is 0 Å². The lowest BCUT2D eigenvalue weighted by molar-refractivity contribution is -0.130. The molecule has 0 aliphatic heterocycles. The molecule has 7 heteroatoms. The summed E-state index contributed by atoms with van der Waals surface area (Å²) in [6, 6.07) is 14.0. The van der Waals surface area contributed by atoms with E-state index in [0.29, 0.717) is 6.42 Å². The number of nitrogens with one attached hydrogen (secondary N) is 1. The number of rotatable bonds is 6. The van der Waals surface area contributed by atoms with E-state index in [9.17, 15) is 4.79 Å². The molecule has 1 heterocycles. The molecule has 7 nitrogen and oxygen atoms in total. The summed E-state index contributed by atoms with van der Waals surface area (Å²) in [6.45, 7) is 0.280. The molecule has 3 rings (SSSR count). The average molecular weight is 325 g/mol. The van der Waals surface area contributed by atoms with E-state index in [1.807, 2.05) is 18.2 Å². The van der Waals surface area contributed by atoms with Crippen molar-refractivity contribution in [2.45, 2.75) is 25.4 Å². The van der Waals surface area contributed by atoms with E-state index in [1.54, 1.807) is 16.4 Å². The van der Waals surface area contributed by atoms with E-state index in [0.717, 1.165) is 22.0 Å². The lowest BCUT2D eigenvalue weighted by atomic mass is 9.99. The fourth-order valence-corrected chi connectivity index (χ4v) is 2.86. The maximum Gasteiger partial charge on any atom is 0.245 e. The standard InChI is InChI=1S/C17H19N5O2/c18-10-16-11-19-21-22(16)15(9-17(23)20-24)8-12-5-6-13-3-1-2-4-14(13)7-12/h1-7,11,15,24H,8-10,18H2,(H,20,23). The third-order valence-corrected chi connectivity index (χ3v) is 4.03. The Bertz CT molecular complexity index is 846. The number of hydrogen-bond acceptors (Lipinski definition) is 5. The van der Waals surface area contributed by atoms with Crippen LogP contribution in [0, 0.1) is 0 Å². The predicted octanol–water partition coefficient (Wildman–Crippen LogP) is 1.57. The number of nitrogens with zero attached hydrogens (tertiary/aromatic N) is 3. The predicted molar refractivity (Wildman–Crippen MR) is 89.1 cm³/mol. The first kappa shape index (κ1) is 16.1. The number of benzene rings is 2. The van der Waals surface area contributed by atoms with Crippen molar-refractivity contribution in [1.29, 1.82) is 0 Å². The number of hydrogen-bond donors (Lipinski definition) is 3. The van der Waals surface area contributed by atoms with Crippen LogP contribution in [0.1, 0.15) is 23.7 Å².